The predicted octanol–water partition coefficient (Wildman–Crippen LogP) is 2.00. The molecule has 16 heavy (non-hydrogen) atoms. The molecule has 2 aromatic rings. The number of nitrogens with zero attached hydrogens (tertiary/aromatic N) is 3. The third-order valence-corrected chi connectivity index (χ3v) is 3.26. The van der Waals surface area contributed by atoms with Crippen LogP contribution in [-0.2, 0) is 12.8 Å². The Labute approximate surface area is 98.9 Å². The summed E-state index contributed by atoms with van der Waals surface area (Å²) in [5.41, 5.74) is 7.78. The van der Waals surface area contributed by atoms with Crippen LogP contribution in [0.15, 0.2) is 29.3 Å². The quantitative estimate of drug-likeness (QED) is 0.825. The lowest BCUT2D eigenvalue weighted by molar-refractivity contribution is 0.727. The predicted molar refractivity (Wildman–Crippen MR) is 66.2 cm³/mol. The van der Waals surface area contributed by atoms with E-state index in [0.29, 0.717) is 5.82 Å². The van der Waals surface area contributed by atoms with Crippen LogP contribution in [0.2, 0.25) is 0 Å². The molecule has 2 rings (SSSR count). The van der Waals surface area contributed by atoms with Crippen molar-refractivity contribution in [3.05, 3.63) is 35.8 Å². The summed E-state index contributed by atoms with van der Waals surface area (Å²) in [4.78, 5) is 5.17. The summed E-state index contributed by atoms with van der Waals surface area (Å²) in [5, 5.41) is 4.31. The van der Waals surface area contributed by atoms with Crippen LogP contribution in [0.25, 0.3) is 0 Å². The lowest BCUT2D eigenvalue weighted by Gasteiger charge is -2.02. The molecule has 0 unspecified atom stereocenters. The maximum Gasteiger partial charge on any atom is 0.123 e. The van der Waals surface area contributed by atoms with E-state index in [2.05, 4.69) is 16.1 Å². The Morgan fingerprint density at radius 3 is 2.81 bits per heavy atom. The number of hydrogen-bond acceptors (Lipinski definition) is 4. The number of aromatic nitrogens is 3. The van der Waals surface area contributed by atoms with E-state index in [1.54, 1.807) is 18.0 Å². The largest absolute Gasteiger partial charge is 0.384 e. The molecule has 5 heteroatoms. The normalized spacial score (nSPS) is 10.6. The molecule has 4 nitrogen and oxygen atoms in total. The summed E-state index contributed by atoms with van der Waals surface area (Å²) in [6.45, 7) is 2.00. The number of anilines is 1. The number of nitrogen functional groups attached to an aromatic ring is 1. The highest BCUT2D eigenvalue weighted by atomic mass is 32.2. The molecule has 0 aromatic carbocycles. The minimum atomic E-state index is 0.556. The highest BCUT2D eigenvalue weighted by molar-refractivity contribution is 7.98. The van der Waals surface area contributed by atoms with E-state index >= 15 is 0 Å². The minimum Gasteiger partial charge on any atom is -0.384 e. The van der Waals surface area contributed by atoms with E-state index in [1.165, 1.54) is 5.69 Å². The molecule has 2 heterocycles. The molecule has 0 fully saturated rings. The molecule has 84 valence electrons. The summed E-state index contributed by atoms with van der Waals surface area (Å²) >= 11 is 1.73. The van der Waals surface area contributed by atoms with Crippen LogP contribution in [-0.4, -0.2) is 14.8 Å². The summed E-state index contributed by atoms with van der Waals surface area (Å²) in [6.07, 6.45) is 1.79. The standard InChI is InChI=1S/C11H14N4S/c1-8-5-9(15(2)14-8)7-16-10-3-4-11(12)13-6-10/h3-6H,7H2,1-2H3,(H2,12,13). The molecule has 0 radical (unpaired) electrons. The maximum atomic E-state index is 5.53. The first kappa shape index (κ1) is 11.0. The molecule has 0 aliphatic heterocycles. The number of rotatable bonds is 3. The molecule has 0 bridgehead atoms. The van der Waals surface area contributed by atoms with Crippen LogP contribution in [0.5, 0.6) is 0 Å². The molecule has 2 aromatic heterocycles. The SMILES string of the molecule is Cc1cc(CSc2ccc(N)nc2)n(C)n1. The van der Waals surface area contributed by atoms with Gasteiger partial charge in [0.25, 0.3) is 0 Å². The fraction of sp³-hybridized carbons (Fsp3) is 0.273. The second-order valence-electron chi connectivity index (χ2n) is 3.61. The smallest absolute Gasteiger partial charge is 0.123 e. The Bertz CT molecular complexity index is 475. The van der Waals surface area contributed by atoms with Crippen molar-refractivity contribution in [2.75, 3.05) is 5.73 Å². The Hall–Kier alpha value is -1.49. The van der Waals surface area contributed by atoms with Crippen molar-refractivity contribution >= 4 is 17.6 Å². The minimum absolute atomic E-state index is 0.556. The molecular formula is C11H14N4S. The number of hydrogen-bond donors (Lipinski definition) is 1. The molecular weight excluding hydrogens is 220 g/mol. The van der Waals surface area contributed by atoms with Gasteiger partial charge in [0.15, 0.2) is 0 Å². The molecule has 2 N–H and O–H groups in total. The van der Waals surface area contributed by atoms with Crippen LogP contribution in [0, 0.1) is 6.92 Å². The zero-order valence-corrected chi connectivity index (χ0v) is 10.2. The Kier molecular flexibility index (Phi) is 3.14. The second-order valence-corrected chi connectivity index (χ2v) is 4.66. The summed E-state index contributed by atoms with van der Waals surface area (Å²) in [6, 6.07) is 5.89. The van der Waals surface area contributed by atoms with E-state index in [4.69, 9.17) is 5.73 Å². The van der Waals surface area contributed by atoms with Crippen molar-refractivity contribution in [2.24, 2.45) is 7.05 Å². The first-order valence-corrected chi connectivity index (χ1v) is 5.97. The summed E-state index contributed by atoms with van der Waals surface area (Å²) in [5.74, 6) is 1.45. The van der Waals surface area contributed by atoms with Crippen LogP contribution in [0.3, 0.4) is 0 Å². The first-order chi connectivity index (χ1) is 7.65. The van der Waals surface area contributed by atoms with Crippen molar-refractivity contribution in [1.29, 1.82) is 0 Å². The van der Waals surface area contributed by atoms with Gasteiger partial charge in [0.2, 0.25) is 0 Å². The van der Waals surface area contributed by atoms with Gasteiger partial charge in [0, 0.05) is 29.6 Å². The van der Waals surface area contributed by atoms with Crippen molar-refractivity contribution in [3.63, 3.8) is 0 Å². The Morgan fingerprint density at radius 1 is 1.44 bits per heavy atom. The van der Waals surface area contributed by atoms with E-state index in [0.717, 1.165) is 16.3 Å². The van der Waals surface area contributed by atoms with Gasteiger partial charge < -0.3 is 5.73 Å². The van der Waals surface area contributed by atoms with E-state index in [9.17, 15) is 0 Å². The maximum absolute atomic E-state index is 5.53. The van der Waals surface area contributed by atoms with Crippen LogP contribution in [0.1, 0.15) is 11.4 Å². The lowest BCUT2D eigenvalue weighted by atomic mass is 10.4. The number of pyridine rings is 1. The van der Waals surface area contributed by atoms with Crippen LogP contribution in [0.4, 0.5) is 5.82 Å². The average molecular weight is 234 g/mol. The highest BCUT2D eigenvalue weighted by Gasteiger charge is 2.03. The molecule has 0 spiro atoms. The number of nitrogens with two attached hydrogens (primary N) is 1. The van der Waals surface area contributed by atoms with Gasteiger partial charge in [-0.1, -0.05) is 0 Å². The average Bonchev–Trinajstić information content (AvgIpc) is 2.57. The molecule has 0 aliphatic carbocycles. The second kappa shape index (κ2) is 4.57. The van der Waals surface area contributed by atoms with E-state index in [1.807, 2.05) is 30.8 Å². The van der Waals surface area contributed by atoms with Gasteiger partial charge in [-0.05, 0) is 25.1 Å². The fourth-order valence-corrected chi connectivity index (χ4v) is 2.31. The number of thioether (sulfide) groups is 1. The summed E-state index contributed by atoms with van der Waals surface area (Å²) in [7, 11) is 1.96. The Morgan fingerprint density at radius 2 is 2.25 bits per heavy atom. The van der Waals surface area contributed by atoms with Gasteiger partial charge in [-0.2, -0.15) is 5.10 Å². The Balaban J connectivity index is 2.02. The van der Waals surface area contributed by atoms with Crippen molar-refractivity contribution in [1.82, 2.24) is 14.8 Å². The first-order valence-electron chi connectivity index (χ1n) is 4.99. The van der Waals surface area contributed by atoms with E-state index < -0.39 is 0 Å². The van der Waals surface area contributed by atoms with Gasteiger partial charge in [0.1, 0.15) is 5.82 Å². The van der Waals surface area contributed by atoms with E-state index in [-0.39, 0.29) is 0 Å². The molecule has 0 saturated heterocycles. The highest BCUT2D eigenvalue weighted by Crippen LogP contribution is 2.22. The van der Waals surface area contributed by atoms with Gasteiger partial charge in [0.05, 0.1) is 5.69 Å². The third kappa shape index (κ3) is 2.55. The lowest BCUT2D eigenvalue weighted by Crippen LogP contribution is -1.96. The third-order valence-electron chi connectivity index (χ3n) is 2.24. The zero-order valence-electron chi connectivity index (χ0n) is 9.34. The van der Waals surface area contributed by atoms with Crippen molar-refractivity contribution in [3.8, 4) is 0 Å². The van der Waals surface area contributed by atoms with Crippen LogP contribution >= 0.6 is 11.8 Å². The zero-order chi connectivity index (χ0) is 11.5. The van der Waals surface area contributed by atoms with Gasteiger partial charge in [-0.15, -0.1) is 11.8 Å². The van der Waals surface area contributed by atoms with Crippen molar-refractivity contribution < 1.29 is 0 Å². The molecule has 0 aliphatic rings. The van der Waals surface area contributed by atoms with Gasteiger partial charge in [-0.25, -0.2) is 4.98 Å². The molecule has 0 atom stereocenters. The monoisotopic (exact) mass is 234 g/mol. The van der Waals surface area contributed by atoms with Gasteiger partial charge >= 0.3 is 0 Å². The number of aryl methyl sites for hydroxylation is 2. The fourth-order valence-electron chi connectivity index (χ4n) is 1.43. The van der Waals surface area contributed by atoms with Crippen molar-refractivity contribution in [2.45, 2.75) is 17.6 Å². The van der Waals surface area contributed by atoms with Gasteiger partial charge in [-0.3, -0.25) is 4.68 Å². The van der Waals surface area contributed by atoms with Crippen LogP contribution < -0.4 is 5.73 Å². The topological polar surface area (TPSA) is 56.7 Å². The molecule has 0 amide bonds. The molecule has 0 saturated carbocycles. The summed E-state index contributed by atoms with van der Waals surface area (Å²) < 4.78 is 1.91.